The SMILES string of the molecule is CCOc1ccc(/C=C(\C#N)C(=O)O[C@@H](C)C(=O)N[C@H]2CCCc3ccccc32)cc1. The van der Waals surface area contributed by atoms with Gasteiger partial charge in [-0.25, -0.2) is 4.79 Å². The van der Waals surface area contributed by atoms with Crippen LogP contribution in [-0.4, -0.2) is 24.6 Å². The zero-order chi connectivity index (χ0) is 22.2. The predicted molar refractivity (Wildman–Crippen MR) is 117 cm³/mol. The molecule has 0 fully saturated rings. The molecule has 0 heterocycles. The molecule has 31 heavy (non-hydrogen) atoms. The van der Waals surface area contributed by atoms with Crippen LogP contribution in [0.4, 0.5) is 0 Å². The van der Waals surface area contributed by atoms with Gasteiger partial charge < -0.3 is 14.8 Å². The van der Waals surface area contributed by atoms with Gasteiger partial charge in [-0.05, 0) is 68.0 Å². The molecule has 2 aromatic rings. The lowest BCUT2D eigenvalue weighted by Gasteiger charge is -2.27. The van der Waals surface area contributed by atoms with E-state index in [9.17, 15) is 14.9 Å². The molecule has 6 nitrogen and oxygen atoms in total. The van der Waals surface area contributed by atoms with Crippen LogP contribution in [0.2, 0.25) is 0 Å². The molecule has 0 spiro atoms. The number of nitrogens with one attached hydrogen (secondary N) is 1. The molecule has 1 N–H and O–H groups in total. The van der Waals surface area contributed by atoms with Crippen molar-refractivity contribution in [2.24, 2.45) is 0 Å². The second-order valence-corrected chi connectivity index (χ2v) is 7.37. The van der Waals surface area contributed by atoms with Crippen molar-refractivity contribution in [1.29, 1.82) is 5.26 Å². The summed E-state index contributed by atoms with van der Waals surface area (Å²) in [7, 11) is 0. The number of esters is 1. The number of nitrogens with zero attached hydrogens (tertiary/aromatic N) is 1. The van der Waals surface area contributed by atoms with Crippen molar-refractivity contribution >= 4 is 18.0 Å². The predicted octanol–water partition coefficient (Wildman–Crippen LogP) is 4.12. The number of carbonyl (C=O) groups excluding carboxylic acids is 2. The van der Waals surface area contributed by atoms with Crippen LogP contribution in [0.25, 0.3) is 6.08 Å². The number of nitriles is 1. The minimum absolute atomic E-state index is 0.103. The van der Waals surface area contributed by atoms with Crippen LogP contribution in [0.3, 0.4) is 0 Å². The van der Waals surface area contributed by atoms with Gasteiger partial charge >= 0.3 is 5.97 Å². The lowest BCUT2D eigenvalue weighted by atomic mass is 9.87. The fraction of sp³-hybridized carbons (Fsp3) is 0.320. The van der Waals surface area contributed by atoms with Crippen molar-refractivity contribution in [3.8, 4) is 11.8 Å². The molecule has 0 radical (unpaired) electrons. The fourth-order valence-corrected chi connectivity index (χ4v) is 3.60. The molecule has 1 amide bonds. The molecule has 1 aliphatic carbocycles. The van der Waals surface area contributed by atoms with Crippen molar-refractivity contribution in [1.82, 2.24) is 5.32 Å². The number of rotatable bonds is 7. The largest absolute Gasteiger partial charge is 0.494 e. The van der Waals surface area contributed by atoms with E-state index in [0.29, 0.717) is 17.9 Å². The molecule has 6 heteroatoms. The topological polar surface area (TPSA) is 88.4 Å². The normalized spacial score (nSPS) is 16.4. The van der Waals surface area contributed by atoms with Crippen LogP contribution in [0.15, 0.2) is 54.1 Å². The Balaban J connectivity index is 1.62. The van der Waals surface area contributed by atoms with Gasteiger partial charge in [-0.1, -0.05) is 36.4 Å². The molecule has 0 unspecified atom stereocenters. The number of amides is 1. The highest BCUT2D eigenvalue weighted by molar-refractivity contribution is 5.99. The Morgan fingerprint density at radius 2 is 1.97 bits per heavy atom. The van der Waals surface area contributed by atoms with Gasteiger partial charge in [0.2, 0.25) is 0 Å². The summed E-state index contributed by atoms with van der Waals surface area (Å²) in [6, 6.07) is 16.8. The standard InChI is InChI=1S/C25H26N2O4/c1-3-30-21-13-11-18(12-14-21)15-20(16-26)25(29)31-17(2)24(28)27-23-10-6-8-19-7-4-5-9-22(19)23/h4-5,7,9,11-15,17,23H,3,6,8,10H2,1-2H3,(H,27,28)/b20-15+/t17-,23-/m0/s1. The van der Waals surface area contributed by atoms with Gasteiger partial charge in [0.05, 0.1) is 12.6 Å². The maximum absolute atomic E-state index is 12.6. The molecule has 0 saturated carbocycles. The minimum Gasteiger partial charge on any atom is -0.494 e. The Morgan fingerprint density at radius 1 is 1.23 bits per heavy atom. The Morgan fingerprint density at radius 3 is 2.68 bits per heavy atom. The fourth-order valence-electron chi connectivity index (χ4n) is 3.60. The number of hydrogen-bond acceptors (Lipinski definition) is 5. The van der Waals surface area contributed by atoms with Crippen LogP contribution in [0.1, 0.15) is 49.4 Å². The van der Waals surface area contributed by atoms with E-state index in [2.05, 4.69) is 11.4 Å². The third kappa shape index (κ3) is 5.73. The highest BCUT2D eigenvalue weighted by Gasteiger charge is 2.26. The van der Waals surface area contributed by atoms with Gasteiger partial charge in [0.15, 0.2) is 6.10 Å². The molecule has 2 aromatic carbocycles. The third-order valence-corrected chi connectivity index (χ3v) is 5.18. The number of aryl methyl sites for hydroxylation is 1. The number of benzene rings is 2. The lowest BCUT2D eigenvalue weighted by Crippen LogP contribution is -2.39. The second kappa shape index (κ2) is 10.4. The van der Waals surface area contributed by atoms with E-state index in [4.69, 9.17) is 9.47 Å². The van der Waals surface area contributed by atoms with Gasteiger partial charge in [-0.15, -0.1) is 0 Å². The molecule has 0 aliphatic heterocycles. The van der Waals surface area contributed by atoms with Crippen LogP contribution in [-0.2, 0) is 20.7 Å². The van der Waals surface area contributed by atoms with Crippen molar-refractivity contribution in [3.05, 3.63) is 70.8 Å². The summed E-state index contributed by atoms with van der Waals surface area (Å²) in [5, 5.41) is 12.3. The molecule has 3 rings (SSSR count). The Bertz CT molecular complexity index is 1000. The van der Waals surface area contributed by atoms with Gasteiger partial charge in [-0.3, -0.25) is 4.79 Å². The summed E-state index contributed by atoms with van der Waals surface area (Å²) in [6.07, 6.45) is 3.23. The van der Waals surface area contributed by atoms with E-state index in [1.165, 1.54) is 18.6 Å². The first-order valence-corrected chi connectivity index (χ1v) is 10.5. The zero-order valence-electron chi connectivity index (χ0n) is 17.8. The molecule has 1 aliphatic rings. The zero-order valence-corrected chi connectivity index (χ0v) is 17.8. The van der Waals surface area contributed by atoms with Gasteiger partial charge in [0.1, 0.15) is 17.4 Å². The maximum Gasteiger partial charge on any atom is 0.349 e. The monoisotopic (exact) mass is 418 g/mol. The highest BCUT2D eigenvalue weighted by Crippen LogP contribution is 2.29. The second-order valence-electron chi connectivity index (χ2n) is 7.37. The summed E-state index contributed by atoms with van der Waals surface area (Å²) in [5.41, 5.74) is 2.82. The molecule has 0 saturated heterocycles. The summed E-state index contributed by atoms with van der Waals surface area (Å²) < 4.78 is 10.6. The van der Waals surface area contributed by atoms with Crippen molar-refractivity contribution in [2.45, 2.75) is 45.3 Å². The highest BCUT2D eigenvalue weighted by atomic mass is 16.5. The Hall–Kier alpha value is -3.59. The average Bonchev–Trinajstić information content (AvgIpc) is 2.78. The number of hydrogen-bond donors (Lipinski definition) is 1. The lowest BCUT2D eigenvalue weighted by molar-refractivity contribution is -0.151. The van der Waals surface area contributed by atoms with E-state index in [-0.39, 0.29) is 17.5 Å². The maximum atomic E-state index is 12.6. The van der Waals surface area contributed by atoms with E-state index < -0.39 is 12.1 Å². The van der Waals surface area contributed by atoms with Crippen LogP contribution < -0.4 is 10.1 Å². The van der Waals surface area contributed by atoms with Crippen LogP contribution in [0.5, 0.6) is 5.75 Å². The third-order valence-electron chi connectivity index (χ3n) is 5.18. The molecular formula is C25H26N2O4. The van der Waals surface area contributed by atoms with E-state index >= 15 is 0 Å². The van der Waals surface area contributed by atoms with Crippen LogP contribution >= 0.6 is 0 Å². The van der Waals surface area contributed by atoms with Crippen molar-refractivity contribution in [2.75, 3.05) is 6.61 Å². The molecule has 0 aromatic heterocycles. The molecule has 2 atom stereocenters. The molecule has 160 valence electrons. The van der Waals surface area contributed by atoms with Crippen molar-refractivity contribution < 1.29 is 19.1 Å². The Kier molecular flexibility index (Phi) is 7.45. The average molecular weight is 418 g/mol. The number of fused-ring (bicyclic) bond motifs is 1. The summed E-state index contributed by atoms with van der Waals surface area (Å²) in [4.78, 5) is 25.1. The summed E-state index contributed by atoms with van der Waals surface area (Å²) >= 11 is 0. The number of carbonyl (C=O) groups is 2. The van der Waals surface area contributed by atoms with E-state index in [0.717, 1.165) is 24.8 Å². The summed E-state index contributed by atoms with van der Waals surface area (Å²) in [5.74, 6) is -0.508. The van der Waals surface area contributed by atoms with E-state index in [1.807, 2.05) is 31.2 Å². The van der Waals surface area contributed by atoms with Gasteiger partial charge in [0.25, 0.3) is 5.91 Å². The Labute approximate surface area is 182 Å². The minimum atomic E-state index is -1.02. The number of ether oxygens (including phenoxy) is 2. The summed E-state index contributed by atoms with van der Waals surface area (Å²) in [6.45, 7) is 3.95. The van der Waals surface area contributed by atoms with Crippen molar-refractivity contribution in [3.63, 3.8) is 0 Å². The molecule has 0 bridgehead atoms. The van der Waals surface area contributed by atoms with Gasteiger partial charge in [-0.2, -0.15) is 5.26 Å². The van der Waals surface area contributed by atoms with E-state index in [1.54, 1.807) is 24.3 Å². The smallest absolute Gasteiger partial charge is 0.349 e. The first kappa shape index (κ1) is 22.1. The first-order valence-electron chi connectivity index (χ1n) is 10.5. The quantitative estimate of drug-likeness (QED) is 0.415. The van der Waals surface area contributed by atoms with Gasteiger partial charge in [0, 0.05) is 0 Å². The first-order chi connectivity index (χ1) is 15.0. The van der Waals surface area contributed by atoms with Crippen LogP contribution in [0, 0.1) is 11.3 Å². The molecular weight excluding hydrogens is 392 g/mol.